The van der Waals surface area contributed by atoms with Crippen molar-refractivity contribution in [2.45, 2.75) is 32.9 Å². The number of ketones is 1. The van der Waals surface area contributed by atoms with Gasteiger partial charge >= 0.3 is 0 Å². The lowest BCUT2D eigenvalue weighted by molar-refractivity contribution is -0.904. The van der Waals surface area contributed by atoms with Crippen molar-refractivity contribution in [3.63, 3.8) is 0 Å². The average molecular weight is 407 g/mol. The van der Waals surface area contributed by atoms with Gasteiger partial charge in [-0.1, -0.05) is 42.5 Å². The van der Waals surface area contributed by atoms with Crippen molar-refractivity contribution < 1.29 is 14.5 Å². The fourth-order valence-electron chi connectivity index (χ4n) is 3.39. The molecule has 0 radical (unpaired) electrons. The molecule has 1 amide bonds. The molecule has 30 heavy (non-hydrogen) atoms. The number of nitrogens with zero attached hydrogens (tertiary/aromatic N) is 1. The molecule has 0 aliphatic heterocycles. The van der Waals surface area contributed by atoms with Crippen LogP contribution in [0.3, 0.4) is 0 Å². The van der Waals surface area contributed by atoms with Crippen LogP contribution in [-0.4, -0.2) is 40.8 Å². The van der Waals surface area contributed by atoms with Crippen LogP contribution in [0.1, 0.15) is 25.2 Å². The van der Waals surface area contributed by atoms with E-state index in [2.05, 4.69) is 15.3 Å². The number of hydrogen-bond donors (Lipinski definition) is 3. The molecule has 1 heterocycles. The van der Waals surface area contributed by atoms with Crippen molar-refractivity contribution in [1.29, 1.82) is 0 Å². The Morgan fingerprint density at radius 2 is 1.80 bits per heavy atom. The van der Waals surface area contributed by atoms with Crippen LogP contribution in [0.5, 0.6) is 0 Å². The number of benzene rings is 2. The van der Waals surface area contributed by atoms with Crippen LogP contribution >= 0.6 is 0 Å². The lowest BCUT2D eigenvalue weighted by atomic mass is 10.0. The predicted octanol–water partition coefficient (Wildman–Crippen LogP) is 0.644. The van der Waals surface area contributed by atoms with E-state index in [0.717, 1.165) is 10.5 Å². The summed E-state index contributed by atoms with van der Waals surface area (Å²) in [6.07, 6.45) is 0.461. The Labute approximate surface area is 175 Å². The number of aromatic amines is 1. The number of nitrogens with one attached hydrogen (secondary N) is 3. The van der Waals surface area contributed by atoms with Crippen LogP contribution in [0.25, 0.3) is 10.9 Å². The van der Waals surface area contributed by atoms with Gasteiger partial charge in [0.25, 0.3) is 11.5 Å². The number of para-hydroxylation sites is 1. The molecular formula is C23H27N4O3+. The molecule has 1 unspecified atom stereocenters. The Kier molecular flexibility index (Phi) is 7.08. The number of aromatic nitrogens is 2. The van der Waals surface area contributed by atoms with E-state index in [1.807, 2.05) is 43.3 Å². The van der Waals surface area contributed by atoms with E-state index < -0.39 is 6.04 Å². The van der Waals surface area contributed by atoms with Gasteiger partial charge in [-0.2, -0.15) is 0 Å². The molecule has 3 N–H and O–H groups in total. The van der Waals surface area contributed by atoms with E-state index in [4.69, 9.17) is 0 Å². The second-order valence-electron chi connectivity index (χ2n) is 7.41. The quantitative estimate of drug-likeness (QED) is 0.485. The summed E-state index contributed by atoms with van der Waals surface area (Å²) < 4.78 is 0. The fourth-order valence-corrected chi connectivity index (χ4v) is 3.39. The van der Waals surface area contributed by atoms with Crippen LogP contribution in [0, 0.1) is 0 Å². The van der Waals surface area contributed by atoms with Crippen LogP contribution < -0.4 is 15.8 Å². The van der Waals surface area contributed by atoms with Gasteiger partial charge in [-0.3, -0.25) is 14.4 Å². The first-order chi connectivity index (χ1) is 14.5. The molecule has 7 nitrogen and oxygen atoms in total. The second-order valence-corrected chi connectivity index (χ2v) is 7.41. The summed E-state index contributed by atoms with van der Waals surface area (Å²) in [5, 5.41) is 3.40. The number of hydrogen-bond acceptors (Lipinski definition) is 4. The number of quaternary nitrogens is 1. The van der Waals surface area contributed by atoms with E-state index in [1.165, 1.54) is 6.92 Å². The molecule has 3 rings (SSSR count). The maximum atomic E-state index is 12.6. The molecule has 0 bridgehead atoms. The minimum absolute atomic E-state index is 0.0780. The van der Waals surface area contributed by atoms with Gasteiger partial charge in [0.1, 0.15) is 6.54 Å². The summed E-state index contributed by atoms with van der Waals surface area (Å²) in [5.74, 6) is 0.257. The van der Waals surface area contributed by atoms with Crippen molar-refractivity contribution in [3.8, 4) is 0 Å². The zero-order valence-electron chi connectivity index (χ0n) is 17.3. The van der Waals surface area contributed by atoms with E-state index in [0.29, 0.717) is 36.2 Å². The summed E-state index contributed by atoms with van der Waals surface area (Å²) >= 11 is 0. The molecule has 2 atom stereocenters. The van der Waals surface area contributed by atoms with Crippen molar-refractivity contribution in [3.05, 3.63) is 76.3 Å². The Morgan fingerprint density at radius 1 is 1.10 bits per heavy atom. The number of Topliss-reactive ketones (excluding diaryl/α,β-unsaturated/α-hetero) is 1. The van der Waals surface area contributed by atoms with Crippen molar-refractivity contribution in [2.24, 2.45) is 0 Å². The molecule has 0 aliphatic rings. The monoisotopic (exact) mass is 407 g/mol. The van der Waals surface area contributed by atoms with Crippen LogP contribution in [0.15, 0.2) is 59.4 Å². The molecule has 0 aliphatic carbocycles. The lowest BCUT2D eigenvalue weighted by Crippen LogP contribution is -3.11. The first-order valence-electron chi connectivity index (χ1n) is 10.1. The van der Waals surface area contributed by atoms with E-state index in [1.54, 1.807) is 18.2 Å². The summed E-state index contributed by atoms with van der Waals surface area (Å²) in [4.78, 5) is 45.2. The summed E-state index contributed by atoms with van der Waals surface area (Å²) in [6.45, 7) is 4.72. The topological polar surface area (TPSA) is 96.4 Å². The van der Waals surface area contributed by atoms with Crippen molar-refractivity contribution in [2.75, 3.05) is 13.1 Å². The number of H-pyrrole nitrogens is 1. The lowest BCUT2D eigenvalue weighted by Gasteiger charge is -2.20. The molecule has 3 aromatic rings. The smallest absolute Gasteiger partial charge is 0.275 e. The molecule has 0 saturated heterocycles. The first-order valence-corrected chi connectivity index (χ1v) is 10.1. The van der Waals surface area contributed by atoms with E-state index in [9.17, 15) is 14.4 Å². The molecular weight excluding hydrogens is 380 g/mol. The molecule has 0 saturated carbocycles. The molecule has 0 fully saturated rings. The van der Waals surface area contributed by atoms with Crippen LogP contribution in [-0.2, 0) is 22.6 Å². The van der Waals surface area contributed by atoms with Crippen LogP contribution in [0.2, 0.25) is 0 Å². The Hall–Kier alpha value is -3.32. The van der Waals surface area contributed by atoms with Crippen LogP contribution in [0.4, 0.5) is 0 Å². The maximum absolute atomic E-state index is 12.6. The predicted molar refractivity (Wildman–Crippen MR) is 115 cm³/mol. The molecule has 156 valence electrons. The number of fused-ring (bicyclic) bond motifs is 1. The van der Waals surface area contributed by atoms with Gasteiger partial charge in [0.2, 0.25) is 0 Å². The highest BCUT2D eigenvalue weighted by atomic mass is 16.2. The average Bonchev–Trinajstić information content (AvgIpc) is 2.73. The minimum atomic E-state index is -0.559. The van der Waals surface area contributed by atoms with Gasteiger partial charge in [-0.05, 0) is 38.0 Å². The highest BCUT2D eigenvalue weighted by molar-refractivity contribution is 5.88. The number of amides is 1. The second kappa shape index (κ2) is 9.93. The minimum Gasteiger partial charge on any atom is -0.341 e. The zero-order chi connectivity index (χ0) is 21.5. The third kappa shape index (κ3) is 5.61. The Morgan fingerprint density at radius 3 is 2.50 bits per heavy atom. The third-order valence-corrected chi connectivity index (χ3v) is 5.10. The molecule has 0 spiro atoms. The highest BCUT2D eigenvalue weighted by Gasteiger charge is 2.21. The fraction of sp³-hybridized carbons (Fsp3) is 0.304. The number of carbonyl (C=O) groups excluding carboxylic acids is 2. The van der Waals surface area contributed by atoms with Gasteiger partial charge in [0, 0.05) is 0 Å². The number of carbonyl (C=O) groups is 2. The number of likely N-dealkylation sites (N-methyl/N-ethyl adjacent to an activating group) is 1. The molecule has 7 heteroatoms. The normalized spacial score (nSPS) is 13.0. The van der Waals surface area contributed by atoms with Crippen molar-refractivity contribution >= 4 is 22.6 Å². The van der Waals surface area contributed by atoms with Gasteiger partial charge in [0.05, 0.1) is 23.5 Å². The van der Waals surface area contributed by atoms with Gasteiger partial charge in [0.15, 0.2) is 18.2 Å². The molecule has 2 aromatic carbocycles. The van der Waals surface area contributed by atoms with Gasteiger partial charge < -0.3 is 15.2 Å². The molecule has 1 aromatic heterocycles. The maximum Gasteiger partial charge on any atom is 0.275 e. The Balaban J connectivity index is 1.65. The summed E-state index contributed by atoms with van der Waals surface area (Å²) in [6, 6.07) is 16.2. The number of rotatable bonds is 9. The van der Waals surface area contributed by atoms with E-state index in [-0.39, 0.29) is 23.8 Å². The first kappa shape index (κ1) is 21.4. The standard InChI is InChI=1S/C23H26N4O3/c1-3-27(14-21-24-19-12-8-7-11-18(19)23(30)26-21)15-22(29)25-20(16(2)28)13-17-9-5-4-6-10-17/h4-12,20H,3,13-15H2,1-2H3,(H,25,29)(H,24,26,30)/p+1/t20-/m0/s1. The van der Waals surface area contributed by atoms with Gasteiger partial charge in [-0.15, -0.1) is 0 Å². The van der Waals surface area contributed by atoms with Gasteiger partial charge in [-0.25, -0.2) is 4.98 Å². The van der Waals surface area contributed by atoms with E-state index >= 15 is 0 Å². The largest absolute Gasteiger partial charge is 0.341 e. The summed E-state index contributed by atoms with van der Waals surface area (Å²) in [7, 11) is 0. The SMILES string of the molecule is CC[NH+](CC(=O)N[C@@H](Cc1ccccc1)C(C)=O)Cc1nc2ccccc2c(=O)[nH]1. The highest BCUT2D eigenvalue weighted by Crippen LogP contribution is 2.05. The third-order valence-electron chi connectivity index (χ3n) is 5.10. The Bertz CT molecular complexity index is 1080. The summed E-state index contributed by atoms with van der Waals surface area (Å²) in [5.41, 5.74) is 1.45. The zero-order valence-corrected chi connectivity index (χ0v) is 17.3. The van der Waals surface area contributed by atoms with Crippen molar-refractivity contribution in [1.82, 2.24) is 15.3 Å².